The van der Waals surface area contributed by atoms with E-state index in [0.29, 0.717) is 23.3 Å². The van der Waals surface area contributed by atoms with E-state index in [1.54, 1.807) is 17.4 Å². The van der Waals surface area contributed by atoms with Gasteiger partial charge < -0.3 is 9.80 Å². The molecule has 2 aromatic heterocycles. The van der Waals surface area contributed by atoms with Crippen molar-refractivity contribution in [2.24, 2.45) is 0 Å². The molecule has 0 radical (unpaired) electrons. The number of hydrogen-bond donors (Lipinski definition) is 0. The fourth-order valence-corrected chi connectivity index (χ4v) is 5.32. The largest absolute Gasteiger partial charge is 0.341 e. The second-order valence-corrected chi connectivity index (χ2v) is 9.58. The molecule has 0 unspecified atom stereocenters. The van der Waals surface area contributed by atoms with Crippen LogP contribution in [0.25, 0.3) is 5.69 Å². The summed E-state index contributed by atoms with van der Waals surface area (Å²) in [4.78, 5) is 18.2. The van der Waals surface area contributed by atoms with E-state index in [9.17, 15) is 4.79 Å². The number of rotatable bonds is 9. The van der Waals surface area contributed by atoms with Crippen molar-refractivity contribution in [3.8, 4) is 5.69 Å². The zero-order chi connectivity index (χ0) is 21.6. The molecular formula is C22H24ClN5OS2. The number of para-hydroxylation sites is 1. The molecule has 1 amide bonds. The van der Waals surface area contributed by atoms with Crippen LogP contribution in [0.5, 0.6) is 0 Å². The fourth-order valence-electron chi connectivity index (χ4n) is 3.54. The summed E-state index contributed by atoms with van der Waals surface area (Å²) < 4.78 is 1.97. The molecule has 3 heterocycles. The van der Waals surface area contributed by atoms with Crippen LogP contribution >= 0.6 is 34.7 Å². The van der Waals surface area contributed by atoms with Crippen molar-refractivity contribution in [2.45, 2.75) is 24.5 Å². The number of halogens is 1. The highest BCUT2D eigenvalue weighted by molar-refractivity contribution is 7.99. The van der Waals surface area contributed by atoms with Gasteiger partial charge in [-0.05, 0) is 36.4 Å². The molecule has 0 saturated carbocycles. The van der Waals surface area contributed by atoms with Gasteiger partial charge in [0.15, 0.2) is 5.16 Å². The van der Waals surface area contributed by atoms with E-state index in [4.69, 9.17) is 11.6 Å². The van der Waals surface area contributed by atoms with Gasteiger partial charge in [-0.3, -0.25) is 9.36 Å². The van der Waals surface area contributed by atoms with E-state index >= 15 is 0 Å². The highest BCUT2D eigenvalue weighted by atomic mass is 35.5. The van der Waals surface area contributed by atoms with E-state index in [2.05, 4.69) is 21.7 Å². The summed E-state index contributed by atoms with van der Waals surface area (Å²) in [6, 6.07) is 11.7. The van der Waals surface area contributed by atoms with Gasteiger partial charge in [0, 0.05) is 24.5 Å². The Morgan fingerprint density at radius 2 is 2.03 bits per heavy atom. The van der Waals surface area contributed by atoms with Gasteiger partial charge in [0.25, 0.3) is 0 Å². The second-order valence-electron chi connectivity index (χ2n) is 7.19. The van der Waals surface area contributed by atoms with Crippen LogP contribution in [-0.2, 0) is 11.3 Å². The molecule has 162 valence electrons. The molecule has 1 aliphatic rings. The van der Waals surface area contributed by atoms with Crippen LogP contribution in [0.15, 0.2) is 59.6 Å². The molecule has 6 nitrogen and oxygen atoms in total. The molecule has 1 aromatic carbocycles. The van der Waals surface area contributed by atoms with Crippen molar-refractivity contribution in [3.63, 3.8) is 0 Å². The van der Waals surface area contributed by atoms with Gasteiger partial charge in [-0.15, -0.1) is 28.1 Å². The highest BCUT2D eigenvalue weighted by Gasteiger charge is 2.24. The van der Waals surface area contributed by atoms with Gasteiger partial charge in [-0.1, -0.05) is 47.6 Å². The molecule has 1 aliphatic heterocycles. The van der Waals surface area contributed by atoms with Crippen molar-refractivity contribution in [3.05, 3.63) is 64.3 Å². The van der Waals surface area contributed by atoms with Crippen LogP contribution in [0.3, 0.4) is 0 Å². The summed E-state index contributed by atoms with van der Waals surface area (Å²) in [5, 5.41) is 12.2. The number of carbonyl (C=O) groups excluding carboxylic acids is 1. The maximum Gasteiger partial charge on any atom is 0.233 e. The van der Waals surface area contributed by atoms with Crippen LogP contribution in [-0.4, -0.2) is 51.0 Å². The zero-order valence-corrected chi connectivity index (χ0v) is 19.5. The maximum atomic E-state index is 13.0. The van der Waals surface area contributed by atoms with Gasteiger partial charge in [-0.2, -0.15) is 0 Å². The lowest BCUT2D eigenvalue weighted by molar-refractivity contribution is -0.128. The van der Waals surface area contributed by atoms with Gasteiger partial charge >= 0.3 is 0 Å². The Hall–Kier alpha value is -2.29. The molecule has 9 heteroatoms. The molecule has 1 saturated heterocycles. The third kappa shape index (κ3) is 5.14. The van der Waals surface area contributed by atoms with E-state index < -0.39 is 0 Å². The topological polar surface area (TPSA) is 54.3 Å². The van der Waals surface area contributed by atoms with Crippen LogP contribution in [0.4, 0.5) is 5.95 Å². The molecule has 0 spiro atoms. The first-order chi connectivity index (χ1) is 15.2. The Kier molecular flexibility index (Phi) is 7.32. The van der Waals surface area contributed by atoms with Gasteiger partial charge in [0.1, 0.15) is 0 Å². The van der Waals surface area contributed by atoms with Crippen molar-refractivity contribution in [1.29, 1.82) is 0 Å². The third-order valence-corrected chi connectivity index (χ3v) is 7.15. The van der Waals surface area contributed by atoms with E-state index in [-0.39, 0.29) is 11.7 Å². The molecule has 31 heavy (non-hydrogen) atoms. The number of thioether (sulfide) groups is 1. The van der Waals surface area contributed by atoms with E-state index in [1.807, 2.05) is 51.2 Å². The summed E-state index contributed by atoms with van der Waals surface area (Å²) in [6.45, 7) is 6.78. The molecule has 3 aromatic rings. The fraction of sp³-hybridized carbons (Fsp3) is 0.318. The molecule has 0 aliphatic carbocycles. The summed E-state index contributed by atoms with van der Waals surface area (Å²) in [6.07, 6.45) is 4.03. The first-order valence-corrected chi connectivity index (χ1v) is 12.4. The molecule has 1 fully saturated rings. The Morgan fingerprint density at radius 1 is 1.23 bits per heavy atom. The zero-order valence-electron chi connectivity index (χ0n) is 17.1. The lowest BCUT2D eigenvalue weighted by atomic mass is 10.3. The number of anilines is 1. The standard InChI is InChI=1S/C22H24ClN5OS2/c1-2-11-27(15-17-8-7-14-30-17)20(29)16-31-22-25-24-21(26-12-5-6-13-26)28(22)19-10-4-3-9-18(19)23/h2-4,7-10,14H,1,5-6,11-13,15-16H2. The quantitative estimate of drug-likeness (QED) is 0.327. The third-order valence-electron chi connectivity index (χ3n) is 5.05. The van der Waals surface area contributed by atoms with Crippen molar-refractivity contribution >= 4 is 46.6 Å². The normalized spacial score (nSPS) is 13.5. The summed E-state index contributed by atoms with van der Waals surface area (Å²) in [5.41, 5.74) is 0.826. The Labute approximate surface area is 195 Å². The Balaban J connectivity index is 1.55. The summed E-state index contributed by atoms with van der Waals surface area (Å²) >= 11 is 9.54. The number of aromatic nitrogens is 3. The van der Waals surface area contributed by atoms with Crippen molar-refractivity contribution in [2.75, 3.05) is 30.3 Å². The molecule has 4 rings (SSSR count). The first kappa shape index (κ1) is 21.9. The average Bonchev–Trinajstić information content (AvgIpc) is 3.53. The number of carbonyl (C=O) groups is 1. The van der Waals surface area contributed by atoms with E-state index in [0.717, 1.165) is 42.4 Å². The number of thiophene rings is 1. The van der Waals surface area contributed by atoms with Crippen LogP contribution < -0.4 is 4.90 Å². The second kappa shape index (κ2) is 10.3. The smallest absolute Gasteiger partial charge is 0.233 e. The lowest BCUT2D eigenvalue weighted by Crippen LogP contribution is -2.32. The SMILES string of the molecule is C=CCN(Cc1cccs1)C(=O)CSc1nnc(N2CCCC2)n1-c1ccccc1Cl. The van der Waals surface area contributed by atoms with Gasteiger partial charge in [0.2, 0.25) is 11.9 Å². The van der Waals surface area contributed by atoms with Crippen LogP contribution in [0.1, 0.15) is 17.7 Å². The molecule has 0 N–H and O–H groups in total. The number of amides is 1. The van der Waals surface area contributed by atoms with Crippen LogP contribution in [0.2, 0.25) is 5.02 Å². The lowest BCUT2D eigenvalue weighted by Gasteiger charge is -2.21. The Morgan fingerprint density at radius 3 is 2.74 bits per heavy atom. The Bertz CT molecular complexity index is 1030. The van der Waals surface area contributed by atoms with Crippen molar-refractivity contribution < 1.29 is 4.79 Å². The predicted molar refractivity (Wildman–Crippen MR) is 128 cm³/mol. The summed E-state index contributed by atoms with van der Waals surface area (Å²) in [5.74, 6) is 1.08. The van der Waals surface area contributed by atoms with Crippen molar-refractivity contribution in [1.82, 2.24) is 19.7 Å². The van der Waals surface area contributed by atoms with Crippen LogP contribution in [0, 0.1) is 0 Å². The minimum absolute atomic E-state index is 0.0368. The van der Waals surface area contributed by atoms with Gasteiger partial charge in [0.05, 0.1) is 23.0 Å². The maximum absolute atomic E-state index is 13.0. The number of benzene rings is 1. The minimum Gasteiger partial charge on any atom is -0.341 e. The monoisotopic (exact) mass is 473 g/mol. The molecule has 0 bridgehead atoms. The molecule has 0 atom stereocenters. The molecular weight excluding hydrogens is 450 g/mol. The summed E-state index contributed by atoms with van der Waals surface area (Å²) in [7, 11) is 0. The average molecular weight is 474 g/mol. The number of nitrogens with zero attached hydrogens (tertiary/aromatic N) is 5. The van der Waals surface area contributed by atoms with Gasteiger partial charge in [-0.25, -0.2) is 0 Å². The minimum atomic E-state index is 0.0368. The number of hydrogen-bond acceptors (Lipinski definition) is 6. The first-order valence-electron chi connectivity index (χ1n) is 10.2. The highest BCUT2D eigenvalue weighted by Crippen LogP contribution is 2.32. The predicted octanol–water partition coefficient (Wildman–Crippen LogP) is 4.89. The van der Waals surface area contributed by atoms with E-state index in [1.165, 1.54) is 11.8 Å².